The van der Waals surface area contributed by atoms with Gasteiger partial charge in [0.15, 0.2) is 0 Å². The van der Waals surface area contributed by atoms with Gasteiger partial charge >= 0.3 is 5.97 Å². The van der Waals surface area contributed by atoms with Gasteiger partial charge in [-0.05, 0) is 46.3 Å². The molecule has 118 valence electrons. The van der Waals surface area contributed by atoms with E-state index in [9.17, 15) is 4.79 Å². The van der Waals surface area contributed by atoms with Crippen molar-refractivity contribution in [3.8, 4) is 0 Å². The third-order valence-electron chi connectivity index (χ3n) is 4.20. The molecule has 1 aliphatic rings. The van der Waals surface area contributed by atoms with Crippen LogP contribution in [0.1, 0.15) is 52.4 Å². The van der Waals surface area contributed by atoms with Gasteiger partial charge in [0.25, 0.3) is 0 Å². The van der Waals surface area contributed by atoms with Crippen molar-refractivity contribution in [2.24, 2.45) is 5.92 Å². The highest BCUT2D eigenvalue weighted by atomic mass is 16.5. The van der Waals surface area contributed by atoms with Gasteiger partial charge in [-0.2, -0.15) is 0 Å². The second-order valence-electron chi connectivity index (χ2n) is 5.98. The molecular formula is C16H32N2O2. The molecule has 1 aliphatic carbocycles. The van der Waals surface area contributed by atoms with Crippen molar-refractivity contribution >= 4 is 5.97 Å². The standard InChI is InChI=1S/C16H32N2O2/c1-4-20-16(19)14(2)13-17-11-8-12-18(3)15-9-6-5-7-10-15/h14-15,17H,4-13H2,1-3H3. The third kappa shape index (κ3) is 6.71. The average Bonchev–Trinajstić information content (AvgIpc) is 2.47. The number of rotatable bonds is 9. The molecule has 0 amide bonds. The van der Waals surface area contributed by atoms with Gasteiger partial charge in [-0.15, -0.1) is 0 Å². The normalized spacial score (nSPS) is 18.2. The van der Waals surface area contributed by atoms with Gasteiger partial charge in [-0.1, -0.05) is 26.2 Å². The molecule has 0 radical (unpaired) electrons. The van der Waals surface area contributed by atoms with Crippen molar-refractivity contribution in [3.05, 3.63) is 0 Å². The molecule has 0 aliphatic heterocycles. The second kappa shape index (κ2) is 10.2. The minimum Gasteiger partial charge on any atom is -0.466 e. The van der Waals surface area contributed by atoms with Crippen LogP contribution in [0.25, 0.3) is 0 Å². The Balaban J connectivity index is 2.02. The van der Waals surface area contributed by atoms with Crippen molar-refractivity contribution in [3.63, 3.8) is 0 Å². The Bertz CT molecular complexity index is 265. The topological polar surface area (TPSA) is 41.6 Å². The molecule has 1 atom stereocenters. The number of nitrogens with zero attached hydrogens (tertiary/aromatic N) is 1. The summed E-state index contributed by atoms with van der Waals surface area (Å²) in [5.41, 5.74) is 0. The molecule has 0 spiro atoms. The molecule has 1 N–H and O–H groups in total. The van der Waals surface area contributed by atoms with Crippen molar-refractivity contribution < 1.29 is 9.53 Å². The lowest BCUT2D eigenvalue weighted by Gasteiger charge is -2.31. The van der Waals surface area contributed by atoms with Crippen LogP contribution < -0.4 is 5.32 Å². The van der Waals surface area contributed by atoms with E-state index in [0.717, 1.165) is 25.6 Å². The number of hydrogen-bond donors (Lipinski definition) is 1. The molecule has 0 aromatic rings. The predicted molar refractivity (Wildman–Crippen MR) is 82.8 cm³/mol. The predicted octanol–water partition coefficient (Wildman–Crippen LogP) is 2.43. The van der Waals surface area contributed by atoms with E-state index in [4.69, 9.17) is 4.74 Å². The van der Waals surface area contributed by atoms with E-state index >= 15 is 0 Å². The zero-order valence-electron chi connectivity index (χ0n) is 13.5. The summed E-state index contributed by atoms with van der Waals surface area (Å²) in [4.78, 5) is 14.0. The van der Waals surface area contributed by atoms with Crippen LogP contribution in [0.2, 0.25) is 0 Å². The zero-order chi connectivity index (χ0) is 14.8. The summed E-state index contributed by atoms with van der Waals surface area (Å²) >= 11 is 0. The molecule has 0 aromatic carbocycles. The lowest BCUT2D eigenvalue weighted by Crippen LogP contribution is -2.36. The second-order valence-corrected chi connectivity index (χ2v) is 5.98. The summed E-state index contributed by atoms with van der Waals surface area (Å²) in [6.45, 7) is 7.06. The largest absolute Gasteiger partial charge is 0.466 e. The van der Waals surface area contributed by atoms with Crippen LogP contribution in [0.4, 0.5) is 0 Å². The van der Waals surface area contributed by atoms with Crippen molar-refractivity contribution in [2.45, 2.75) is 58.4 Å². The van der Waals surface area contributed by atoms with Gasteiger partial charge in [0, 0.05) is 12.6 Å². The van der Waals surface area contributed by atoms with E-state index in [2.05, 4.69) is 17.3 Å². The van der Waals surface area contributed by atoms with Crippen LogP contribution in [0.3, 0.4) is 0 Å². The van der Waals surface area contributed by atoms with Crippen LogP contribution in [0, 0.1) is 5.92 Å². The summed E-state index contributed by atoms with van der Waals surface area (Å²) in [5, 5.41) is 3.36. The first-order valence-corrected chi connectivity index (χ1v) is 8.22. The molecule has 1 rings (SSSR count). The van der Waals surface area contributed by atoms with E-state index in [1.165, 1.54) is 32.1 Å². The first-order chi connectivity index (χ1) is 9.65. The fourth-order valence-electron chi connectivity index (χ4n) is 2.84. The highest BCUT2D eigenvalue weighted by Gasteiger charge is 2.17. The van der Waals surface area contributed by atoms with Gasteiger partial charge in [0.2, 0.25) is 0 Å². The van der Waals surface area contributed by atoms with Crippen LogP contribution in [0.15, 0.2) is 0 Å². The first kappa shape index (κ1) is 17.4. The van der Waals surface area contributed by atoms with E-state index in [1.807, 2.05) is 13.8 Å². The summed E-state index contributed by atoms with van der Waals surface area (Å²) < 4.78 is 4.99. The Morgan fingerprint density at radius 3 is 2.70 bits per heavy atom. The molecule has 4 nitrogen and oxygen atoms in total. The first-order valence-electron chi connectivity index (χ1n) is 8.22. The molecular weight excluding hydrogens is 252 g/mol. The smallest absolute Gasteiger partial charge is 0.309 e. The average molecular weight is 284 g/mol. The molecule has 0 saturated heterocycles. The van der Waals surface area contributed by atoms with Crippen LogP contribution >= 0.6 is 0 Å². The Morgan fingerprint density at radius 1 is 1.35 bits per heavy atom. The van der Waals surface area contributed by atoms with Crippen molar-refractivity contribution in [1.29, 1.82) is 0 Å². The number of carbonyl (C=O) groups is 1. The van der Waals surface area contributed by atoms with E-state index in [-0.39, 0.29) is 11.9 Å². The maximum absolute atomic E-state index is 11.5. The molecule has 20 heavy (non-hydrogen) atoms. The summed E-state index contributed by atoms with van der Waals surface area (Å²) in [6.07, 6.45) is 8.07. The molecule has 0 heterocycles. The van der Waals surface area contributed by atoms with Crippen LogP contribution in [-0.2, 0) is 9.53 Å². The number of nitrogens with one attached hydrogen (secondary N) is 1. The Morgan fingerprint density at radius 2 is 2.05 bits per heavy atom. The maximum Gasteiger partial charge on any atom is 0.309 e. The highest BCUT2D eigenvalue weighted by molar-refractivity contribution is 5.72. The van der Waals surface area contributed by atoms with Crippen molar-refractivity contribution in [1.82, 2.24) is 10.2 Å². The van der Waals surface area contributed by atoms with E-state index < -0.39 is 0 Å². The molecule has 0 bridgehead atoms. The van der Waals surface area contributed by atoms with Gasteiger partial charge in [0.05, 0.1) is 12.5 Å². The number of hydrogen-bond acceptors (Lipinski definition) is 4. The Kier molecular flexibility index (Phi) is 8.86. The lowest BCUT2D eigenvalue weighted by molar-refractivity contribution is -0.147. The van der Waals surface area contributed by atoms with E-state index in [1.54, 1.807) is 0 Å². The zero-order valence-corrected chi connectivity index (χ0v) is 13.5. The minimum atomic E-state index is -0.0978. The minimum absolute atomic E-state index is 0.0500. The highest BCUT2D eigenvalue weighted by Crippen LogP contribution is 2.21. The summed E-state index contributed by atoms with van der Waals surface area (Å²) in [5.74, 6) is -0.148. The summed E-state index contributed by atoms with van der Waals surface area (Å²) in [7, 11) is 2.25. The SMILES string of the molecule is CCOC(=O)C(C)CNCCCN(C)C1CCCCC1. The maximum atomic E-state index is 11.5. The van der Waals surface area contributed by atoms with Gasteiger partial charge < -0.3 is 15.0 Å². The fourth-order valence-corrected chi connectivity index (χ4v) is 2.84. The van der Waals surface area contributed by atoms with Gasteiger partial charge in [-0.3, -0.25) is 4.79 Å². The van der Waals surface area contributed by atoms with Gasteiger partial charge in [0.1, 0.15) is 0 Å². The van der Waals surface area contributed by atoms with Crippen LogP contribution in [0.5, 0.6) is 0 Å². The lowest BCUT2D eigenvalue weighted by atomic mass is 9.94. The molecule has 4 heteroatoms. The van der Waals surface area contributed by atoms with Crippen LogP contribution in [-0.4, -0.2) is 50.2 Å². The molecule has 0 aromatic heterocycles. The Labute approximate surface area is 124 Å². The summed E-state index contributed by atoms with van der Waals surface area (Å²) in [6, 6.07) is 0.794. The number of esters is 1. The quantitative estimate of drug-likeness (QED) is 0.521. The number of ether oxygens (including phenoxy) is 1. The fraction of sp³-hybridized carbons (Fsp3) is 0.938. The van der Waals surface area contributed by atoms with Gasteiger partial charge in [-0.25, -0.2) is 0 Å². The monoisotopic (exact) mass is 284 g/mol. The van der Waals surface area contributed by atoms with E-state index in [0.29, 0.717) is 13.2 Å². The molecule has 1 saturated carbocycles. The number of carbonyl (C=O) groups excluding carboxylic acids is 1. The molecule has 1 unspecified atom stereocenters. The molecule has 1 fully saturated rings. The van der Waals surface area contributed by atoms with Crippen molar-refractivity contribution in [2.75, 3.05) is 33.3 Å². The third-order valence-corrected chi connectivity index (χ3v) is 4.20. The Hall–Kier alpha value is -0.610.